The smallest absolute Gasteiger partial charge is 0.251 e. The Morgan fingerprint density at radius 3 is 2.53 bits per heavy atom. The number of ether oxygens (including phenoxy) is 1. The van der Waals surface area contributed by atoms with Crippen LogP contribution < -0.4 is 15.4 Å². The van der Waals surface area contributed by atoms with Crippen LogP contribution in [0.4, 0.5) is 4.39 Å². The van der Waals surface area contributed by atoms with Crippen LogP contribution in [0.1, 0.15) is 28.8 Å². The monoisotopic (exact) mass is 479 g/mol. The predicted molar refractivity (Wildman–Crippen MR) is 128 cm³/mol. The zero-order valence-corrected chi connectivity index (χ0v) is 19.3. The zero-order chi connectivity index (χ0) is 21.6. The van der Waals surface area contributed by atoms with Gasteiger partial charge in [-0.15, -0.1) is 12.4 Å². The fraction of sp³-hybridized carbons (Fsp3) is 0.375. The maximum atomic E-state index is 13.3. The number of piperidine rings is 1. The highest BCUT2D eigenvalue weighted by atomic mass is 35.5. The maximum Gasteiger partial charge on any atom is 0.251 e. The third-order valence-corrected chi connectivity index (χ3v) is 6.00. The lowest BCUT2D eigenvalue weighted by molar-refractivity contribution is 0.0914. The van der Waals surface area contributed by atoms with Gasteiger partial charge in [-0.25, -0.2) is 4.39 Å². The second-order valence-electron chi connectivity index (χ2n) is 8.05. The Morgan fingerprint density at radius 1 is 1.19 bits per heavy atom. The van der Waals surface area contributed by atoms with E-state index in [2.05, 4.69) is 39.8 Å². The van der Waals surface area contributed by atoms with E-state index < -0.39 is 5.82 Å². The van der Waals surface area contributed by atoms with Crippen molar-refractivity contribution in [2.45, 2.75) is 25.0 Å². The number of nitrogens with zero attached hydrogens (tertiary/aromatic N) is 1. The normalized spacial score (nSPS) is 17.6. The molecule has 0 aromatic heterocycles. The molecule has 2 N–H and O–H groups in total. The highest BCUT2D eigenvalue weighted by Gasteiger charge is 2.21. The molecule has 0 spiro atoms. The molecule has 0 saturated carbocycles. The molecule has 2 saturated heterocycles. The van der Waals surface area contributed by atoms with E-state index in [1.807, 2.05) is 12.1 Å². The van der Waals surface area contributed by atoms with Crippen molar-refractivity contribution >= 4 is 36.0 Å². The Labute approximate surface area is 199 Å². The molecular weight excluding hydrogens is 452 g/mol. The number of amides is 1. The number of nitrogens with one attached hydrogen (secondary N) is 2. The SMILES string of the molecule is Cl.O=C(NC1CCN(C/C=C/c2ccc(OC3CNC3)cc2)CC1)c1ccc(F)c(Cl)c1. The van der Waals surface area contributed by atoms with Crippen molar-refractivity contribution in [2.75, 3.05) is 32.7 Å². The van der Waals surface area contributed by atoms with Gasteiger partial charge in [-0.3, -0.25) is 9.69 Å². The van der Waals surface area contributed by atoms with Gasteiger partial charge in [0, 0.05) is 44.3 Å². The highest BCUT2D eigenvalue weighted by molar-refractivity contribution is 6.31. The van der Waals surface area contributed by atoms with Crippen molar-refractivity contribution < 1.29 is 13.9 Å². The second kappa shape index (κ2) is 11.7. The molecule has 32 heavy (non-hydrogen) atoms. The number of hydrogen-bond acceptors (Lipinski definition) is 4. The number of carbonyl (C=O) groups is 1. The van der Waals surface area contributed by atoms with Crippen LogP contribution in [-0.4, -0.2) is 55.7 Å². The molecule has 0 unspecified atom stereocenters. The largest absolute Gasteiger partial charge is 0.488 e. The molecule has 5 nitrogen and oxygen atoms in total. The van der Waals surface area contributed by atoms with Gasteiger partial charge in [0.1, 0.15) is 17.7 Å². The number of benzene rings is 2. The summed E-state index contributed by atoms with van der Waals surface area (Å²) < 4.78 is 19.1. The third-order valence-electron chi connectivity index (χ3n) is 5.71. The van der Waals surface area contributed by atoms with Crippen LogP contribution in [0.2, 0.25) is 5.02 Å². The van der Waals surface area contributed by atoms with E-state index in [0.29, 0.717) is 11.7 Å². The molecule has 4 rings (SSSR count). The minimum Gasteiger partial charge on any atom is -0.488 e. The van der Waals surface area contributed by atoms with Gasteiger partial charge in [-0.1, -0.05) is 35.9 Å². The molecule has 2 aromatic rings. The lowest BCUT2D eigenvalue weighted by Gasteiger charge is -2.31. The lowest BCUT2D eigenvalue weighted by atomic mass is 10.0. The number of rotatable bonds is 7. The first-order chi connectivity index (χ1) is 15.1. The van der Waals surface area contributed by atoms with Gasteiger partial charge in [0.15, 0.2) is 0 Å². The standard InChI is InChI=1S/C24H27ClFN3O2.ClH/c25-22-14-18(5-8-23(22)26)24(30)28-19-9-12-29(13-10-19)11-1-2-17-3-6-20(7-4-17)31-21-15-27-16-21;/h1-8,14,19,21,27H,9-13,15-16H2,(H,28,30);1H/b2-1+;. The van der Waals surface area contributed by atoms with Crippen molar-refractivity contribution in [1.29, 1.82) is 0 Å². The van der Waals surface area contributed by atoms with Crippen molar-refractivity contribution in [2.24, 2.45) is 0 Å². The fourth-order valence-corrected chi connectivity index (χ4v) is 3.88. The first kappa shape index (κ1) is 24.5. The topological polar surface area (TPSA) is 53.6 Å². The van der Waals surface area contributed by atoms with E-state index in [4.69, 9.17) is 16.3 Å². The van der Waals surface area contributed by atoms with Crippen LogP contribution in [0, 0.1) is 5.82 Å². The molecule has 0 atom stereocenters. The van der Waals surface area contributed by atoms with Crippen LogP contribution >= 0.6 is 24.0 Å². The molecule has 172 valence electrons. The van der Waals surface area contributed by atoms with E-state index in [9.17, 15) is 9.18 Å². The summed E-state index contributed by atoms with van der Waals surface area (Å²) in [5, 5.41) is 6.19. The molecule has 0 radical (unpaired) electrons. The second-order valence-corrected chi connectivity index (χ2v) is 8.45. The lowest BCUT2D eigenvalue weighted by Crippen LogP contribution is -2.50. The Balaban J connectivity index is 0.00000289. The summed E-state index contributed by atoms with van der Waals surface area (Å²) >= 11 is 5.77. The number of carbonyl (C=O) groups excluding carboxylic acids is 1. The van der Waals surface area contributed by atoms with E-state index in [-0.39, 0.29) is 29.4 Å². The molecule has 2 aliphatic rings. The van der Waals surface area contributed by atoms with E-state index in [1.165, 1.54) is 18.2 Å². The molecule has 8 heteroatoms. The predicted octanol–water partition coefficient (Wildman–Crippen LogP) is 4.16. The molecule has 2 heterocycles. The average Bonchev–Trinajstić information content (AvgIpc) is 2.75. The van der Waals surface area contributed by atoms with E-state index in [0.717, 1.165) is 56.9 Å². The molecule has 2 aliphatic heterocycles. The van der Waals surface area contributed by atoms with Crippen molar-refractivity contribution in [3.05, 3.63) is 70.5 Å². The maximum absolute atomic E-state index is 13.3. The Hall–Kier alpha value is -2.12. The van der Waals surface area contributed by atoms with Gasteiger partial charge in [0.05, 0.1) is 5.02 Å². The van der Waals surface area contributed by atoms with Gasteiger partial charge in [0.25, 0.3) is 5.91 Å². The van der Waals surface area contributed by atoms with Crippen LogP contribution in [0.3, 0.4) is 0 Å². The molecule has 0 aliphatic carbocycles. The summed E-state index contributed by atoms with van der Waals surface area (Å²) in [6.07, 6.45) is 6.36. The third kappa shape index (κ3) is 6.69. The number of likely N-dealkylation sites (tertiary alicyclic amines) is 1. The Kier molecular flexibility index (Phi) is 8.93. The summed E-state index contributed by atoms with van der Waals surface area (Å²) in [6.45, 7) is 4.55. The van der Waals surface area contributed by atoms with Crippen LogP contribution in [0.5, 0.6) is 5.75 Å². The summed E-state index contributed by atoms with van der Waals surface area (Å²) in [5.41, 5.74) is 1.54. The number of halogens is 3. The molecule has 1 amide bonds. The van der Waals surface area contributed by atoms with Gasteiger partial charge >= 0.3 is 0 Å². The van der Waals surface area contributed by atoms with Crippen LogP contribution in [-0.2, 0) is 0 Å². The Morgan fingerprint density at radius 2 is 1.91 bits per heavy atom. The minimum absolute atomic E-state index is 0. The summed E-state index contributed by atoms with van der Waals surface area (Å²) in [4.78, 5) is 14.7. The highest BCUT2D eigenvalue weighted by Crippen LogP contribution is 2.18. The van der Waals surface area contributed by atoms with Gasteiger partial charge in [0.2, 0.25) is 0 Å². The van der Waals surface area contributed by atoms with Crippen LogP contribution in [0.15, 0.2) is 48.5 Å². The molecular formula is C24H28Cl2FN3O2. The fourth-order valence-electron chi connectivity index (χ4n) is 3.70. The molecule has 0 bridgehead atoms. The number of hydrogen-bond donors (Lipinski definition) is 2. The van der Waals surface area contributed by atoms with Crippen molar-refractivity contribution in [1.82, 2.24) is 15.5 Å². The van der Waals surface area contributed by atoms with Gasteiger partial charge in [-0.2, -0.15) is 0 Å². The van der Waals surface area contributed by atoms with E-state index in [1.54, 1.807) is 0 Å². The molecule has 2 fully saturated rings. The minimum atomic E-state index is -0.518. The van der Waals surface area contributed by atoms with Gasteiger partial charge < -0.3 is 15.4 Å². The zero-order valence-electron chi connectivity index (χ0n) is 17.7. The summed E-state index contributed by atoms with van der Waals surface area (Å²) in [5.74, 6) is 0.187. The summed E-state index contributed by atoms with van der Waals surface area (Å²) in [7, 11) is 0. The van der Waals surface area contributed by atoms with Crippen LogP contribution in [0.25, 0.3) is 6.08 Å². The first-order valence-electron chi connectivity index (χ1n) is 10.7. The average molecular weight is 480 g/mol. The van der Waals surface area contributed by atoms with E-state index >= 15 is 0 Å². The van der Waals surface area contributed by atoms with Crippen molar-refractivity contribution in [3.63, 3.8) is 0 Å². The van der Waals surface area contributed by atoms with Gasteiger partial charge in [-0.05, 0) is 48.7 Å². The van der Waals surface area contributed by atoms with Crippen molar-refractivity contribution in [3.8, 4) is 5.75 Å². The summed E-state index contributed by atoms with van der Waals surface area (Å²) in [6, 6.07) is 12.3. The molecule has 2 aromatic carbocycles. The quantitative estimate of drug-likeness (QED) is 0.625. The Bertz CT molecular complexity index is 927. The first-order valence-corrected chi connectivity index (χ1v) is 11.1.